The van der Waals surface area contributed by atoms with Crippen LogP contribution in [0.5, 0.6) is 0 Å². The average molecular weight is 400 g/mol. The van der Waals surface area contributed by atoms with Gasteiger partial charge in [0, 0.05) is 15.6 Å². The van der Waals surface area contributed by atoms with E-state index in [4.69, 9.17) is 0 Å². The minimum absolute atomic E-state index is 0.220. The van der Waals surface area contributed by atoms with Crippen molar-refractivity contribution in [1.82, 2.24) is 19.8 Å². The summed E-state index contributed by atoms with van der Waals surface area (Å²) in [6.07, 6.45) is 0. The van der Waals surface area contributed by atoms with Crippen LogP contribution in [0.2, 0.25) is 0 Å². The molecule has 1 N–H and O–H groups in total. The summed E-state index contributed by atoms with van der Waals surface area (Å²) in [6.45, 7) is 0. The zero-order valence-electron chi connectivity index (χ0n) is 12.2. The van der Waals surface area contributed by atoms with Crippen molar-refractivity contribution in [2.24, 2.45) is 0 Å². The van der Waals surface area contributed by atoms with Gasteiger partial charge in [-0.15, -0.1) is 15.3 Å². The molecule has 0 unspecified atom stereocenters. The number of hydrogen-bond acceptors (Lipinski definition) is 5. The highest BCUT2D eigenvalue weighted by Gasteiger charge is 2.15. The van der Waals surface area contributed by atoms with Crippen LogP contribution in [0.3, 0.4) is 0 Å². The summed E-state index contributed by atoms with van der Waals surface area (Å²) in [5.41, 5.74) is 1.47. The summed E-state index contributed by atoms with van der Waals surface area (Å²) in [7, 11) is 0. The number of aromatic nitrogens is 4. The van der Waals surface area contributed by atoms with Crippen molar-refractivity contribution in [2.75, 3.05) is 5.32 Å². The maximum Gasteiger partial charge on any atom is 0.257 e. The lowest BCUT2D eigenvalue weighted by molar-refractivity contribution is 0.102. The molecule has 1 amide bonds. The van der Waals surface area contributed by atoms with Gasteiger partial charge in [-0.05, 0) is 18.2 Å². The molecule has 4 rings (SSSR count). The molecule has 2 aromatic heterocycles. The molecule has 24 heavy (non-hydrogen) atoms. The molecule has 0 aliphatic heterocycles. The number of nitrogens with zero attached hydrogens (tertiary/aromatic N) is 4. The fourth-order valence-corrected chi connectivity index (χ4v) is 3.37. The Morgan fingerprint density at radius 3 is 2.71 bits per heavy atom. The third kappa shape index (κ3) is 2.81. The van der Waals surface area contributed by atoms with Gasteiger partial charge in [0.05, 0.1) is 0 Å². The van der Waals surface area contributed by atoms with E-state index >= 15 is 0 Å². The van der Waals surface area contributed by atoms with Crippen molar-refractivity contribution in [3.8, 4) is 11.4 Å². The number of rotatable bonds is 3. The van der Waals surface area contributed by atoms with Crippen LogP contribution >= 0.6 is 27.3 Å². The topological polar surface area (TPSA) is 72.2 Å². The van der Waals surface area contributed by atoms with Crippen LogP contribution in [0, 0.1) is 0 Å². The Labute approximate surface area is 149 Å². The van der Waals surface area contributed by atoms with Gasteiger partial charge >= 0.3 is 0 Å². The number of benzene rings is 2. The predicted molar refractivity (Wildman–Crippen MR) is 96.2 cm³/mol. The highest BCUT2D eigenvalue weighted by atomic mass is 79.9. The van der Waals surface area contributed by atoms with E-state index in [1.165, 1.54) is 11.3 Å². The molecule has 0 aliphatic carbocycles. The first-order chi connectivity index (χ1) is 11.7. The van der Waals surface area contributed by atoms with Crippen LogP contribution in [0.4, 0.5) is 5.13 Å². The third-order valence-electron chi connectivity index (χ3n) is 3.33. The molecule has 0 aliphatic rings. The SMILES string of the molecule is O=C(Nc1nn2c(-c3ccccc3)nnc2s1)c1cccc(Br)c1. The molecule has 0 spiro atoms. The summed E-state index contributed by atoms with van der Waals surface area (Å²) in [4.78, 5) is 12.9. The number of nitrogens with one attached hydrogen (secondary N) is 1. The molecule has 6 nitrogen and oxygen atoms in total. The Balaban J connectivity index is 1.64. The van der Waals surface area contributed by atoms with E-state index in [1.807, 2.05) is 42.5 Å². The predicted octanol–water partition coefficient (Wildman–Crippen LogP) is 3.87. The number of carbonyl (C=O) groups excluding carboxylic acids is 1. The van der Waals surface area contributed by atoms with E-state index in [2.05, 4.69) is 36.5 Å². The maximum atomic E-state index is 12.3. The van der Waals surface area contributed by atoms with E-state index in [0.717, 1.165) is 10.0 Å². The molecule has 0 bridgehead atoms. The molecule has 0 fully saturated rings. The minimum Gasteiger partial charge on any atom is -0.296 e. The second kappa shape index (κ2) is 6.14. The first-order valence-electron chi connectivity index (χ1n) is 7.05. The van der Waals surface area contributed by atoms with Gasteiger partial charge in [-0.25, -0.2) is 0 Å². The largest absolute Gasteiger partial charge is 0.296 e. The summed E-state index contributed by atoms with van der Waals surface area (Å²) in [6, 6.07) is 16.9. The zero-order valence-corrected chi connectivity index (χ0v) is 14.6. The van der Waals surface area contributed by atoms with Crippen molar-refractivity contribution in [3.05, 3.63) is 64.6 Å². The van der Waals surface area contributed by atoms with Gasteiger partial charge < -0.3 is 0 Å². The van der Waals surface area contributed by atoms with Crippen molar-refractivity contribution < 1.29 is 4.79 Å². The standard InChI is InChI=1S/C16H10BrN5OS/c17-12-8-4-7-11(9-12)14(23)18-15-21-22-13(19-20-16(22)24-15)10-5-2-1-3-6-10/h1-9H,(H,18,21,23). The molecule has 0 saturated carbocycles. The number of hydrogen-bond donors (Lipinski definition) is 1. The van der Waals surface area contributed by atoms with Gasteiger partial charge in [0.15, 0.2) is 5.82 Å². The summed E-state index contributed by atoms with van der Waals surface area (Å²) < 4.78 is 2.48. The van der Waals surface area contributed by atoms with Gasteiger partial charge in [-0.1, -0.05) is 63.7 Å². The van der Waals surface area contributed by atoms with Crippen molar-refractivity contribution in [3.63, 3.8) is 0 Å². The molecule has 4 aromatic rings. The van der Waals surface area contributed by atoms with Gasteiger partial charge in [0.2, 0.25) is 10.1 Å². The molecule has 0 radical (unpaired) electrons. The van der Waals surface area contributed by atoms with E-state index < -0.39 is 0 Å². The van der Waals surface area contributed by atoms with Gasteiger partial charge in [0.1, 0.15) is 0 Å². The molecule has 2 aromatic carbocycles. The lowest BCUT2D eigenvalue weighted by atomic mass is 10.2. The molecular formula is C16H10BrN5OS. The number of amides is 1. The lowest BCUT2D eigenvalue weighted by Gasteiger charge is -2.01. The second-order valence-corrected chi connectivity index (χ2v) is 6.83. The van der Waals surface area contributed by atoms with Crippen LogP contribution in [-0.2, 0) is 0 Å². The van der Waals surface area contributed by atoms with Crippen LogP contribution in [-0.4, -0.2) is 25.7 Å². The fraction of sp³-hybridized carbons (Fsp3) is 0. The number of carbonyl (C=O) groups is 1. The van der Waals surface area contributed by atoms with E-state index in [-0.39, 0.29) is 5.91 Å². The molecule has 0 atom stereocenters. The summed E-state index contributed by atoms with van der Waals surface area (Å²) >= 11 is 4.63. The van der Waals surface area contributed by atoms with Crippen LogP contribution in [0.15, 0.2) is 59.1 Å². The van der Waals surface area contributed by atoms with Crippen molar-refractivity contribution in [1.29, 1.82) is 0 Å². The van der Waals surface area contributed by atoms with Gasteiger partial charge in [-0.2, -0.15) is 4.52 Å². The summed E-state index contributed by atoms with van der Waals surface area (Å²) in [5, 5.41) is 16.0. The van der Waals surface area contributed by atoms with E-state index in [0.29, 0.717) is 21.5 Å². The number of anilines is 1. The Morgan fingerprint density at radius 1 is 1.08 bits per heavy atom. The second-order valence-electron chi connectivity index (χ2n) is 4.96. The normalized spacial score (nSPS) is 10.9. The molecular weight excluding hydrogens is 390 g/mol. The first-order valence-corrected chi connectivity index (χ1v) is 8.66. The quantitative estimate of drug-likeness (QED) is 0.567. The lowest BCUT2D eigenvalue weighted by Crippen LogP contribution is -2.11. The Kier molecular flexibility index (Phi) is 3.83. The van der Waals surface area contributed by atoms with E-state index in [1.54, 1.807) is 16.6 Å². The fourth-order valence-electron chi connectivity index (χ4n) is 2.23. The first kappa shape index (κ1) is 15.0. The monoisotopic (exact) mass is 399 g/mol. The van der Waals surface area contributed by atoms with Crippen molar-refractivity contribution in [2.45, 2.75) is 0 Å². The molecule has 8 heteroatoms. The van der Waals surface area contributed by atoms with Crippen LogP contribution in [0.25, 0.3) is 16.3 Å². The van der Waals surface area contributed by atoms with Crippen molar-refractivity contribution >= 4 is 43.3 Å². The Bertz CT molecular complexity index is 1030. The number of fused-ring (bicyclic) bond motifs is 1. The highest BCUT2D eigenvalue weighted by molar-refractivity contribution is 9.10. The smallest absolute Gasteiger partial charge is 0.257 e. The average Bonchev–Trinajstić information content (AvgIpc) is 3.15. The highest BCUT2D eigenvalue weighted by Crippen LogP contribution is 2.24. The summed E-state index contributed by atoms with van der Waals surface area (Å²) in [5.74, 6) is 0.423. The van der Waals surface area contributed by atoms with Gasteiger partial charge in [-0.3, -0.25) is 10.1 Å². The molecule has 118 valence electrons. The number of halogens is 1. The van der Waals surface area contributed by atoms with Gasteiger partial charge in [0.25, 0.3) is 5.91 Å². The Hall–Kier alpha value is -2.58. The molecule has 2 heterocycles. The Morgan fingerprint density at radius 2 is 1.92 bits per heavy atom. The third-order valence-corrected chi connectivity index (χ3v) is 4.64. The minimum atomic E-state index is -0.220. The van der Waals surface area contributed by atoms with Crippen LogP contribution < -0.4 is 5.32 Å². The van der Waals surface area contributed by atoms with Crippen LogP contribution in [0.1, 0.15) is 10.4 Å². The van der Waals surface area contributed by atoms with E-state index in [9.17, 15) is 4.79 Å². The molecule has 0 saturated heterocycles. The maximum absolute atomic E-state index is 12.3. The zero-order chi connectivity index (χ0) is 16.5.